The van der Waals surface area contributed by atoms with Crippen molar-refractivity contribution in [1.82, 2.24) is 10.2 Å². The van der Waals surface area contributed by atoms with Crippen LogP contribution in [0.3, 0.4) is 0 Å². The minimum Gasteiger partial charge on any atom is -0.387 e. The molecule has 7 aliphatic carbocycles. The molecular formula is C54H55N3. The lowest BCUT2D eigenvalue weighted by Gasteiger charge is -2.41. The normalized spacial score (nSPS) is 33.4. The van der Waals surface area contributed by atoms with Gasteiger partial charge in [-0.3, -0.25) is 0 Å². The number of nitrogens with one attached hydrogen (secondary N) is 1. The van der Waals surface area contributed by atoms with E-state index in [0.717, 1.165) is 25.3 Å². The third-order valence-electron chi connectivity index (χ3n) is 15.1. The number of dihydropyridines is 1. The van der Waals surface area contributed by atoms with E-state index in [0.29, 0.717) is 29.8 Å². The number of nitrogens with zero attached hydrogens (tertiary/aromatic N) is 2. The van der Waals surface area contributed by atoms with Gasteiger partial charge in [0, 0.05) is 64.0 Å². The Bertz CT molecular complexity index is 2470. The fourth-order valence-electron chi connectivity index (χ4n) is 11.9. The molecule has 9 aliphatic rings. The fraction of sp³-hybridized carbons (Fsp3) is 0.370. The van der Waals surface area contributed by atoms with Crippen LogP contribution in [0.4, 0.5) is 5.69 Å². The number of rotatable bonds is 6. The maximum Gasteiger partial charge on any atom is 0.0770 e. The molecule has 0 radical (unpaired) electrons. The van der Waals surface area contributed by atoms with E-state index in [-0.39, 0.29) is 16.7 Å². The van der Waals surface area contributed by atoms with Crippen LogP contribution < -0.4 is 10.2 Å². The zero-order chi connectivity index (χ0) is 38.6. The Hall–Kier alpha value is -5.20. The largest absolute Gasteiger partial charge is 0.387 e. The van der Waals surface area contributed by atoms with Crippen LogP contribution in [0.2, 0.25) is 0 Å². The van der Waals surface area contributed by atoms with Crippen LogP contribution in [0, 0.1) is 29.6 Å². The van der Waals surface area contributed by atoms with Gasteiger partial charge in [-0.05, 0) is 107 Å². The van der Waals surface area contributed by atoms with E-state index in [1.165, 1.54) is 75.3 Å². The molecule has 0 bridgehead atoms. The standard InChI is InChI=1S/C54H55N3/c1-34-11-6-9-15-48(34)57-50-25-20-38(30-45(50)43-23-18-39-31-44(39)52(43)57)37-19-24-49(35(2)29-37)56(41-21-16-36(17-22-41)40-12-10-28-55-33-40)42-26-27-54(5)47-14-8-7-13-46(47)53(3,4)51(54)32-42/h7-10,12-18,20-23,25-26,30,32-35,39,44-45,48,50,55H,6,11,27-29,31H2,1-5H3. The summed E-state index contributed by atoms with van der Waals surface area (Å²) in [6.45, 7) is 13.0. The highest BCUT2D eigenvalue weighted by Crippen LogP contribution is 2.59. The van der Waals surface area contributed by atoms with E-state index in [1.807, 2.05) is 0 Å². The summed E-state index contributed by atoms with van der Waals surface area (Å²) in [6, 6.07) is 19.2. The third kappa shape index (κ3) is 5.39. The average molecular weight is 746 g/mol. The van der Waals surface area contributed by atoms with E-state index in [1.54, 1.807) is 11.3 Å². The molecule has 2 aromatic carbocycles. The zero-order valence-electron chi connectivity index (χ0n) is 34.2. The SMILES string of the molecule is CC1CC(C2=CC3C4=C(C5CC5C=C4)N(C4C=CCCC4C)C3C=C2)=C=C=C1N(C1=CCC2(C)C(=C1)C(C)(C)c1ccccc12)c1ccc(C2=CNCC=C2)cc1. The Morgan fingerprint density at radius 3 is 2.49 bits per heavy atom. The van der Waals surface area contributed by atoms with Crippen molar-refractivity contribution in [2.24, 2.45) is 29.6 Å². The molecule has 1 saturated carbocycles. The summed E-state index contributed by atoms with van der Waals surface area (Å²) in [5, 5.41) is 3.38. The molecule has 2 aromatic rings. The minimum atomic E-state index is -0.0509. The second kappa shape index (κ2) is 12.9. The van der Waals surface area contributed by atoms with Crippen molar-refractivity contribution in [3.8, 4) is 0 Å². The molecule has 8 unspecified atom stereocenters. The van der Waals surface area contributed by atoms with E-state index >= 15 is 0 Å². The maximum absolute atomic E-state index is 3.83. The highest BCUT2D eigenvalue weighted by molar-refractivity contribution is 5.77. The van der Waals surface area contributed by atoms with Gasteiger partial charge in [0.2, 0.25) is 0 Å². The maximum atomic E-state index is 3.83. The highest BCUT2D eigenvalue weighted by Gasteiger charge is 2.53. The number of hydrogen-bond acceptors (Lipinski definition) is 3. The van der Waals surface area contributed by atoms with Crippen molar-refractivity contribution in [1.29, 1.82) is 0 Å². The molecule has 286 valence electrons. The minimum absolute atomic E-state index is 0.0105. The molecular weight excluding hydrogens is 691 g/mol. The summed E-state index contributed by atoms with van der Waals surface area (Å²) in [5.41, 5.74) is 23.9. The zero-order valence-corrected chi connectivity index (χ0v) is 34.2. The number of benzene rings is 2. The number of hydrogen-bond donors (Lipinski definition) is 1. The molecule has 11 rings (SSSR count). The first kappa shape index (κ1) is 35.0. The van der Waals surface area contributed by atoms with Crippen molar-refractivity contribution >= 4 is 11.3 Å². The van der Waals surface area contributed by atoms with Crippen molar-refractivity contribution in [3.05, 3.63) is 189 Å². The molecule has 0 amide bonds. The monoisotopic (exact) mass is 745 g/mol. The van der Waals surface area contributed by atoms with Crippen LogP contribution in [-0.2, 0) is 10.8 Å². The van der Waals surface area contributed by atoms with Crippen molar-refractivity contribution < 1.29 is 0 Å². The first-order valence-corrected chi connectivity index (χ1v) is 21.8. The molecule has 2 aliphatic heterocycles. The van der Waals surface area contributed by atoms with Crippen molar-refractivity contribution in [2.45, 2.75) is 89.6 Å². The lowest BCUT2D eigenvalue weighted by Crippen LogP contribution is -2.44. The molecule has 3 nitrogen and oxygen atoms in total. The van der Waals surface area contributed by atoms with Crippen LogP contribution in [0.5, 0.6) is 0 Å². The second-order valence-corrected chi connectivity index (χ2v) is 19.0. The fourth-order valence-corrected chi connectivity index (χ4v) is 11.9. The Morgan fingerprint density at radius 1 is 0.860 bits per heavy atom. The Morgan fingerprint density at radius 2 is 1.70 bits per heavy atom. The van der Waals surface area contributed by atoms with Crippen LogP contribution in [-0.4, -0.2) is 23.5 Å². The summed E-state index contributed by atoms with van der Waals surface area (Å²) < 4.78 is 0. The third-order valence-corrected chi connectivity index (χ3v) is 15.1. The lowest BCUT2D eigenvalue weighted by atomic mass is 9.70. The molecule has 0 saturated heterocycles. The number of fused-ring (bicyclic) bond motifs is 7. The van der Waals surface area contributed by atoms with E-state index in [4.69, 9.17) is 0 Å². The van der Waals surface area contributed by atoms with Gasteiger partial charge in [-0.25, -0.2) is 0 Å². The van der Waals surface area contributed by atoms with E-state index < -0.39 is 0 Å². The van der Waals surface area contributed by atoms with Gasteiger partial charge in [-0.2, -0.15) is 0 Å². The first-order valence-electron chi connectivity index (χ1n) is 21.8. The van der Waals surface area contributed by atoms with Crippen LogP contribution in [0.1, 0.15) is 83.4 Å². The van der Waals surface area contributed by atoms with Gasteiger partial charge in [0.1, 0.15) is 0 Å². The summed E-state index contributed by atoms with van der Waals surface area (Å²) in [5.74, 6) is 2.77. The van der Waals surface area contributed by atoms with Gasteiger partial charge < -0.3 is 15.1 Å². The van der Waals surface area contributed by atoms with Crippen molar-refractivity contribution in [2.75, 3.05) is 11.4 Å². The summed E-state index contributed by atoms with van der Waals surface area (Å²) in [4.78, 5) is 5.35. The van der Waals surface area contributed by atoms with E-state index in [2.05, 4.69) is 183 Å². The van der Waals surface area contributed by atoms with Gasteiger partial charge in [0.15, 0.2) is 0 Å². The highest BCUT2D eigenvalue weighted by atomic mass is 15.2. The quantitative estimate of drug-likeness (QED) is 0.235. The lowest BCUT2D eigenvalue weighted by molar-refractivity contribution is 0.182. The average Bonchev–Trinajstić information content (AvgIpc) is 3.93. The van der Waals surface area contributed by atoms with Crippen LogP contribution >= 0.6 is 0 Å². The number of allylic oxidation sites excluding steroid dienone is 13. The predicted octanol–water partition coefficient (Wildman–Crippen LogP) is 11.7. The molecule has 0 aromatic heterocycles. The Kier molecular flexibility index (Phi) is 7.93. The van der Waals surface area contributed by atoms with Gasteiger partial charge in [0.05, 0.1) is 17.8 Å². The summed E-state index contributed by atoms with van der Waals surface area (Å²) in [6.07, 6.45) is 34.8. The topological polar surface area (TPSA) is 18.5 Å². The second-order valence-electron chi connectivity index (χ2n) is 19.0. The van der Waals surface area contributed by atoms with Crippen LogP contribution in [0.25, 0.3) is 5.57 Å². The molecule has 0 spiro atoms. The van der Waals surface area contributed by atoms with Crippen molar-refractivity contribution in [3.63, 3.8) is 0 Å². The van der Waals surface area contributed by atoms with Gasteiger partial charge in [0.25, 0.3) is 0 Å². The predicted molar refractivity (Wildman–Crippen MR) is 235 cm³/mol. The smallest absolute Gasteiger partial charge is 0.0770 e. The number of anilines is 1. The van der Waals surface area contributed by atoms with E-state index in [9.17, 15) is 0 Å². The Labute approximate surface area is 340 Å². The summed E-state index contributed by atoms with van der Waals surface area (Å²) in [7, 11) is 0. The molecule has 2 heterocycles. The summed E-state index contributed by atoms with van der Waals surface area (Å²) >= 11 is 0. The molecule has 3 heteroatoms. The van der Waals surface area contributed by atoms with Gasteiger partial charge in [-0.15, -0.1) is 0 Å². The molecule has 8 atom stereocenters. The molecule has 1 fully saturated rings. The van der Waals surface area contributed by atoms with Gasteiger partial charge in [-0.1, -0.05) is 138 Å². The molecule has 57 heavy (non-hydrogen) atoms. The van der Waals surface area contributed by atoms with Gasteiger partial charge >= 0.3 is 0 Å². The first-order chi connectivity index (χ1) is 27.7. The Balaban J connectivity index is 0.991. The molecule has 1 N–H and O–H groups in total. The van der Waals surface area contributed by atoms with Crippen LogP contribution in [0.15, 0.2) is 172 Å².